The molecule has 1 aliphatic rings. The van der Waals surface area contributed by atoms with Crippen LogP contribution in [0.15, 0.2) is 18.2 Å². The molecule has 90 valence electrons. The summed E-state index contributed by atoms with van der Waals surface area (Å²) in [7, 11) is 0. The minimum absolute atomic E-state index is 0.208. The molecule has 1 fully saturated rings. The first kappa shape index (κ1) is 12.1. The zero-order valence-corrected chi connectivity index (χ0v) is 10.7. The molecule has 2 rings (SSSR count). The second-order valence-corrected chi connectivity index (χ2v) is 5.02. The molecule has 2 unspecified atom stereocenters. The smallest absolute Gasteiger partial charge is 0.0672 e. The minimum Gasteiger partial charge on any atom is -0.309 e. The van der Waals surface area contributed by atoms with Gasteiger partial charge in [-0.15, -0.1) is 0 Å². The van der Waals surface area contributed by atoms with Crippen LogP contribution in [0.5, 0.6) is 0 Å². The van der Waals surface area contributed by atoms with Crippen molar-refractivity contribution in [1.82, 2.24) is 5.32 Å². The van der Waals surface area contributed by atoms with E-state index >= 15 is 0 Å². The average Bonchev–Trinajstić information content (AvgIpc) is 2.76. The number of rotatable bonds is 3. The van der Waals surface area contributed by atoms with Gasteiger partial charge in [0.15, 0.2) is 0 Å². The molecule has 0 heterocycles. The Hall–Kier alpha value is -1.33. The molecule has 0 saturated heterocycles. The van der Waals surface area contributed by atoms with E-state index in [9.17, 15) is 0 Å². The molecule has 1 aromatic rings. The van der Waals surface area contributed by atoms with E-state index in [1.54, 1.807) is 0 Å². The summed E-state index contributed by atoms with van der Waals surface area (Å²) in [6.07, 6.45) is 3.38. The zero-order chi connectivity index (χ0) is 12.3. The predicted molar refractivity (Wildman–Crippen MR) is 69.5 cm³/mol. The first-order valence-corrected chi connectivity index (χ1v) is 6.40. The van der Waals surface area contributed by atoms with E-state index < -0.39 is 0 Å². The van der Waals surface area contributed by atoms with Crippen molar-refractivity contribution in [3.63, 3.8) is 0 Å². The molecule has 0 spiro atoms. The van der Waals surface area contributed by atoms with Crippen molar-refractivity contribution >= 4 is 0 Å². The highest BCUT2D eigenvalue weighted by atomic mass is 14.9. The Bertz CT molecular complexity index is 411. The van der Waals surface area contributed by atoms with Crippen LogP contribution in [-0.2, 0) is 6.54 Å². The minimum atomic E-state index is 0.208. The van der Waals surface area contributed by atoms with Gasteiger partial charge in [-0.1, -0.05) is 24.6 Å². The van der Waals surface area contributed by atoms with E-state index in [1.165, 1.54) is 23.1 Å². The SMILES string of the molecule is Cc1cccc(C)c1CNC1CCCC1C#N. The lowest BCUT2D eigenvalue weighted by atomic mass is 10.0. The van der Waals surface area contributed by atoms with Crippen LogP contribution < -0.4 is 5.32 Å². The molecule has 2 atom stereocenters. The molecule has 0 amide bonds. The number of aryl methyl sites for hydroxylation is 2. The van der Waals surface area contributed by atoms with Gasteiger partial charge in [0.25, 0.3) is 0 Å². The molecule has 2 nitrogen and oxygen atoms in total. The summed E-state index contributed by atoms with van der Waals surface area (Å²) in [6.45, 7) is 5.20. The molecular weight excluding hydrogens is 208 g/mol. The van der Waals surface area contributed by atoms with Crippen LogP contribution in [0.4, 0.5) is 0 Å². The van der Waals surface area contributed by atoms with Crippen molar-refractivity contribution in [2.75, 3.05) is 0 Å². The fourth-order valence-electron chi connectivity index (χ4n) is 2.72. The second-order valence-electron chi connectivity index (χ2n) is 5.02. The lowest BCUT2D eigenvalue weighted by Crippen LogP contribution is -2.31. The van der Waals surface area contributed by atoms with Crippen LogP contribution in [0.25, 0.3) is 0 Å². The van der Waals surface area contributed by atoms with Gasteiger partial charge in [-0.05, 0) is 43.4 Å². The maximum absolute atomic E-state index is 9.05. The maximum Gasteiger partial charge on any atom is 0.0672 e. The standard InChI is InChI=1S/C15H20N2/c1-11-5-3-6-12(2)14(11)10-17-15-8-4-7-13(15)9-16/h3,5-6,13,15,17H,4,7-8,10H2,1-2H3. The summed E-state index contributed by atoms with van der Waals surface area (Å²) in [6, 6.07) is 9.21. The fourth-order valence-corrected chi connectivity index (χ4v) is 2.72. The third kappa shape index (κ3) is 2.68. The Morgan fingerprint density at radius 2 is 2.00 bits per heavy atom. The highest BCUT2D eigenvalue weighted by molar-refractivity contribution is 5.33. The summed E-state index contributed by atoms with van der Waals surface area (Å²) < 4.78 is 0. The highest BCUT2D eigenvalue weighted by Gasteiger charge is 2.26. The van der Waals surface area contributed by atoms with Crippen molar-refractivity contribution in [2.45, 2.75) is 45.7 Å². The Morgan fingerprint density at radius 1 is 1.29 bits per heavy atom. The van der Waals surface area contributed by atoms with Crippen LogP contribution in [0, 0.1) is 31.1 Å². The predicted octanol–water partition coefficient (Wildman–Crippen LogP) is 3.09. The van der Waals surface area contributed by atoms with E-state index in [4.69, 9.17) is 5.26 Å². The number of nitrogens with one attached hydrogen (secondary N) is 1. The quantitative estimate of drug-likeness (QED) is 0.863. The molecule has 0 aromatic heterocycles. The molecule has 0 bridgehead atoms. The molecule has 0 radical (unpaired) electrons. The number of hydrogen-bond donors (Lipinski definition) is 1. The van der Waals surface area contributed by atoms with E-state index in [0.29, 0.717) is 6.04 Å². The van der Waals surface area contributed by atoms with E-state index in [0.717, 1.165) is 19.4 Å². The van der Waals surface area contributed by atoms with E-state index in [-0.39, 0.29) is 5.92 Å². The van der Waals surface area contributed by atoms with Gasteiger partial charge in [-0.3, -0.25) is 0 Å². The van der Waals surface area contributed by atoms with Gasteiger partial charge in [-0.25, -0.2) is 0 Å². The normalized spacial score (nSPS) is 23.6. The van der Waals surface area contributed by atoms with Gasteiger partial charge in [0.05, 0.1) is 12.0 Å². The number of benzene rings is 1. The van der Waals surface area contributed by atoms with Crippen molar-refractivity contribution < 1.29 is 0 Å². The van der Waals surface area contributed by atoms with Crippen molar-refractivity contribution in [1.29, 1.82) is 5.26 Å². The summed E-state index contributed by atoms with van der Waals surface area (Å²) in [5.74, 6) is 0.208. The Morgan fingerprint density at radius 3 is 2.65 bits per heavy atom. The van der Waals surface area contributed by atoms with Crippen LogP contribution >= 0.6 is 0 Å². The first-order chi connectivity index (χ1) is 8.22. The van der Waals surface area contributed by atoms with E-state index in [2.05, 4.69) is 43.4 Å². The third-order valence-corrected chi connectivity index (χ3v) is 3.87. The van der Waals surface area contributed by atoms with Crippen LogP contribution in [-0.4, -0.2) is 6.04 Å². The third-order valence-electron chi connectivity index (χ3n) is 3.87. The second kappa shape index (κ2) is 5.33. The fraction of sp³-hybridized carbons (Fsp3) is 0.533. The van der Waals surface area contributed by atoms with Gasteiger partial charge >= 0.3 is 0 Å². The zero-order valence-electron chi connectivity index (χ0n) is 10.7. The maximum atomic E-state index is 9.05. The molecule has 1 aromatic carbocycles. The molecule has 17 heavy (non-hydrogen) atoms. The first-order valence-electron chi connectivity index (χ1n) is 6.40. The lowest BCUT2D eigenvalue weighted by Gasteiger charge is -2.17. The Labute approximate surface area is 104 Å². The summed E-state index contributed by atoms with van der Waals surface area (Å²) >= 11 is 0. The van der Waals surface area contributed by atoms with Crippen molar-refractivity contribution in [3.8, 4) is 6.07 Å². The van der Waals surface area contributed by atoms with Gasteiger partial charge < -0.3 is 5.32 Å². The number of nitrogens with zero attached hydrogens (tertiary/aromatic N) is 1. The van der Waals surface area contributed by atoms with Crippen molar-refractivity contribution in [3.05, 3.63) is 34.9 Å². The highest BCUT2D eigenvalue weighted by Crippen LogP contribution is 2.25. The molecule has 0 aliphatic heterocycles. The number of nitriles is 1. The summed E-state index contributed by atoms with van der Waals surface area (Å²) in [5.41, 5.74) is 4.06. The Kier molecular flexibility index (Phi) is 3.81. The topological polar surface area (TPSA) is 35.8 Å². The van der Waals surface area contributed by atoms with Crippen molar-refractivity contribution in [2.24, 2.45) is 5.92 Å². The van der Waals surface area contributed by atoms with Gasteiger partial charge in [0, 0.05) is 12.6 Å². The van der Waals surface area contributed by atoms with E-state index in [1.807, 2.05) is 0 Å². The molecule has 1 aliphatic carbocycles. The molecule has 1 N–H and O–H groups in total. The Balaban J connectivity index is 2.01. The average molecular weight is 228 g/mol. The lowest BCUT2D eigenvalue weighted by molar-refractivity contribution is 0.463. The number of hydrogen-bond acceptors (Lipinski definition) is 2. The summed E-state index contributed by atoms with van der Waals surface area (Å²) in [4.78, 5) is 0. The van der Waals surface area contributed by atoms with Gasteiger partial charge in [0.1, 0.15) is 0 Å². The summed E-state index contributed by atoms with van der Waals surface area (Å²) in [5, 5.41) is 12.6. The van der Waals surface area contributed by atoms with Gasteiger partial charge in [-0.2, -0.15) is 5.26 Å². The molecule has 2 heteroatoms. The molecule has 1 saturated carbocycles. The monoisotopic (exact) mass is 228 g/mol. The largest absolute Gasteiger partial charge is 0.309 e. The molecular formula is C15H20N2. The van der Waals surface area contributed by atoms with Crippen LogP contribution in [0.2, 0.25) is 0 Å². The van der Waals surface area contributed by atoms with Crippen LogP contribution in [0.3, 0.4) is 0 Å². The van der Waals surface area contributed by atoms with Crippen LogP contribution in [0.1, 0.15) is 36.0 Å². The van der Waals surface area contributed by atoms with Gasteiger partial charge in [0.2, 0.25) is 0 Å².